The zero-order valence-electron chi connectivity index (χ0n) is 77.5. The monoisotopic (exact) mass is 2040 g/mol. The number of halogens is 5. The largest absolute Gasteiger partial charge is 0.480 e. The van der Waals surface area contributed by atoms with Gasteiger partial charge in [-0.25, -0.2) is 19.9 Å². The second-order valence-electron chi connectivity index (χ2n) is 35.4. The number of benzene rings is 4. The first-order chi connectivity index (χ1) is 66.1. The van der Waals surface area contributed by atoms with Gasteiger partial charge in [0.05, 0.1) is 45.8 Å². The molecule has 15 aromatic rings. The van der Waals surface area contributed by atoms with Gasteiger partial charge in [-0.1, -0.05) is 109 Å². The zero-order valence-corrected chi connectivity index (χ0v) is 82.1. The number of nitrogens with one attached hydrogen (secondary N) is 4. The number of carbonyl (C=O) groups is 8. The first-order valence-corrected chi connectivity index (χ1v) is 45.4. The van der Waals surface area contributed by atoms with E-state index in [0.29, 0.717) is 98.7 Å². The van der Waals surface area contributed by atoms with Crippen molar-refractivity contribution in [2.75, 3.05) is 36.0 Å². The summed E-state index contributed by atoms with van der Waals surface area (Å²) in [6.45, 7) is 14.6. The van der Waals surface area contributed by atoms with Gasteiger partial charge in [-0.3, -0.25) is 89.8 Å². The molecule has 724 valence electrons. The van der Waals surface area contributed by atoms with Crippen molar-refractivity contribution in [3.8, 4) is 33.4 Å². The minimum Gasteiger partial charge on any atom is -0.480 e. The third kappa shape index (κ3) is 24.6. The van der Waals surface area contributed by atoms with Gasteiger partial charge in [0.25, 0.3) is 45.9 Å². The van der Waals surface area contributed by atoms with Gasteiger partial charge < -0.3 is 63.7 Å². The lowest BCUT2D eigenvalue weighted by Crippen LogP contribution is -2.56. The zero-order chi connectivity index (χ0) is 101. The number of carboxylic acid groups (broad SMARTS) is 1. The number of hydrogen-bond donors (Lipinski definition) is 9. The predicted octanol–water partition coefficient (Wildman–Crippen LogP) is 11.8. The van der Waals surface area contributed by atoms with Gasteiger partial charge in [-0.15, -0.1) is 0 Å². The van der Waals surface area contributed by atoms with Crippen molar-refractivity contribution in [3.05, 3.63) is 294 Å². The fourth-order valence-corrected chi connectivity index (χ4v) is 15.8. The summed E-state index contributed by atoms with van der Waals surface area (Å²) in [5.74, 6) is -5.23. The number of nitrogens with two attached hydrogens (primary N) is 4. The van der Waals surface area contributed by atoms with Crippen molar-refractivity contribution < 1.29 is 52.9 Å². The number of pyridine rings is 8. The number of anilines is 4. The predicted molar refractivity (Wildman–Crippen MR) is 536 cm³/mol. The van der Waals surface area contributed by atoms with Crippen LogP contribution in [-0.4, -0.2) is 149 Å². The number of nitrogens with zero attached hydrogens (tertiary/aromatic N) is 15. The smallest absolute Gasteiger partial charge is 0.326 e. The van der Waals surface area contributed by atoms with Gasteiger partial charge in [-0.05, 0) is 158 Å². The maximum absolute atomic E-state index is 13.6. The molecule has 0 aliphatic carbocycles. The Morgan fingerprint density at radius 1 is 0.400 bits per heavy atom. The summed E-state index contributed by atoms with van der Waals surface area (Å²) in [5, 5.41) is 36.4. The number of aromatic nitrogens is 14. The van der Waals surface area contributed by atoms with Gasteiger partial charge in [0.1, 0.15) is 82.2 Å². The lowest BCUT2D eigenvalue weighted by atomic mass is 9.84. The highest BCUT2D eigenvalue weighted by Crippen LogP contribution is 2.37. The first kappa shape index (κ1) is 102. The molecular formula is C97H96BrCl4N23O15. The Morgan fingerprint density at radius 3 is 0.907 bits per heavy atom. The molecule has 1 aliphatic heterocycles. The van der Waals surface area contributed by atoms with E-state index in [1.807, 2.05) is 0 Å². The van der Waals surface area contributed by atoms with E-state index in [-0.39, 0.29) is 100.0 Å². The number of fused-ring (bicyclic) bond motifs is 4. The number of carboxylic acids is 1. The topological polar surface area (TPSA) is 524 Å². The van der Waals surface area contributed by atoms with Crippen LogP contribution in [0.15, 0.2) is 207 Å². The van der Waals surface area contributed by atoms with Gasteiger partial charge >= 0.3 is 17.9 Å². The number of carbonyl (C=O) groups excluding carboxylic acids is 7. The third-order valence-corrected chi connectivity index (χ3v) is 23.3. The number of ether oxygens (including phenoxy) is 2. The molecule has 43 heteroatoms. The quantitative estimate of drug-likeness (QED) is 0.0269. The number of nitrogen functional groups attached to an aromatic ring is 4. The van der Waals surface area contributed by atoms with Crippen LogP contribution < -0.4 is 66.4 Å². The van der Waals surface area contributed by atoms with E-state index in [0.717, 1.165) is 41.5 Å². The van der Waals surface area contributed by atoms with Crippen molar-refractivity contribution in [3.63, 3.8) is 0 Å². The molecule has 1 fully saturated rings. The Hall–Kier alpha value is -15.5. The summed E-state index contributed by atoms with van der Waals surface area (Å²) in [7, 11) is 5.31. The van der Waals surface area contributed by atoms with E-state index >= 15 is 0 Å². The van der Waals surface area contributed by atoms with Crippen LogP contribution in [0.4, 0.5) is 22.7 Å². The standard InChI is InChI=1S/C27H28ClN7O3.C26H27ClN6O4.C22H22BrClN4O4.C22H19ClN6O4/c1-27(2)14-34(15-27)22(36)13-35-24-19(23(29)21(11-30-24)17-10-32-33(3)12-17)8-20(26(35)38)25(37)31-9-16-4-6-18(28)7-5-16;1-26(2,3)37-21(34)14-33-23-18(22(28)20(12-29-23)16-11-31-32(4)13-16)9-19(25(33)36)24(35)30-10-15-5-7-17(27)8-6-15;1-22(2,3)32-17(29)11-28-19-14(18(25)16(23)10-26-19)8-15(21(28)31)20(30)27-9-12-4-6-13(24)7-5-12;1-28-10-13(8-27-28)17-9-25-20-15(19(17)24)6-16(22(33)29(20)11-18(30)31)21(32)26-7-12-2-4-14(23)5-3-12/h4-8,10-12H,9,13-15H2,1-3H3,(H2,29,30)(H,31,37);5-9,11-13H,10,14H2,1-4H3,(H2,28,29)(H,30,35);4-8,10H,9,11H2,1-3H3,(H2,25,26)(H,27,30);2-6,8-10H,7,11H2,1H3,(H2,24,25)(H,26,32)(H,30,31). The first-order valence-electron chi connectivity index (χ1n) is 43.1. The molecule has 4 aromatic carbocycles. The van der Waals surface area contributed by atoms with Gasteiger partial charge in [-0.2, -0.15) is 15.3 Å². The van der Waals surface area contributed by atoms with Crippen LogP contribution >= 0.6 is 62.3 Å². The molecule has 140 heavy (non-hydrogen) atoms. The number of aryl methyl sites for hydroxylation is 3. The second-order valence-corrected chi connectivity index (χ2v) is 38.0. The molecule has 1 saturated heterocycles. The molecular weight excluding hydrogens is 1950 g/mol. The van der Waals surface area contributed by atoms with E-state index in [4.69, 9.17) is 78.8 Å². The highest BCUT2D eigenvalue weighted by atomic mass is 79.9. The molecule has 38 nitrogen and oxygen atoms in total. The maximum Gasteiger partial charge on any atom is 0.326 e. The summed E-state index contributed by atoms with van der Waals surface area (Å²) < 4.78 is 20.5. The molecule has 11 aromatic heterocycles. The highest BCUT2D eigenvalue weighted by Gasteiger charge is 2.38. The second kappa shape index (κ2) is 42.7. The Labute approximate surface area is 826 Å². The minimum atomic E-state index is -1.26. The molecule has 0 spiro atoms. The average molecular weight is 2050 g/mol. The van der Waals surface area contributed by atoms with E-state index < -0.39 is 94.6 Å². The lowest BCUT2D eigenvalue weighted by Gasteiger charge is -2.45. The van der Waals surface area contributed by atoms with Crippen molar-refractivity contribution in [2.24, 2.45) is 26.6 Å². The lowest BCUT2D eigenvalue weighted by molar-refractivity contribution is -0.156. The molecule has 0 radical (unpaired) electrons. The fraction of sp³-hybridized carbons (Fsp3) is 0.247. The Morgan fingerprint density at radius 2 is 0.657 bits per heavy atom. The van der Waals surface area contributed by atoms with E-state index in [1.165, 1.54) is 47.4 Å². The molecule has 12 heterocycles. The minimum absolute atomic E-state index is 0.0351. The number of hydrogen-bond acceptors (Lipinski definition) is 25. The average Bonchev–Trinajstić information content (AvgIpc) is 0.974. The summed E-state index contributed by atoms with van der Waals surface area (Å²) in [4.78, 5) is 174. The van der Waals surface area contributed by atoms with Gasteiger partial charge in [0.2, 0.25) is 5.91 Å². The molecule has 0 bridgehead atoms. The number of amides is 5. The van der Waals surface area contributed by atoms with Crippen LogP contribution in [0.25, 0.3) is 77.5 Å². The molecule has 13 N–H and O–H groups in total. The van der Waals surface area contributed by atoms with Crippen molar-refractivity contribution in [1.82, 2.24) is 93.7 Å². The highest BCUT2D eigenvalue weighted by molar-refractivity contribution is 9.10. The Balaban J connectivity index is 0.000000158. The molecule has 0 unspecified atom stereocenters. The Bertz CT molecular complexity index is 7650. The van der Waals surface area contributed by atoms with Crippen molar-refractivity contribution >= 4 is 177 Å². The van der Waals surface area contributed by atoms with Crippen LogP contribution in [0.3, 0.4) is 0 Å². The summed E-state index contributed by atoms with van der Waals surface area (Å²) >= 11 is 26.9. The fourth-order valence-electron chi connectivity index (χ4n) is 15.0. The Kier molecular flexibility index (Phi) is 31.1. The number of likely N-dealkylation sites (tertiary alicyclic amines) is 1. The molecule has 0 atom stereocenters. The van der Waals surface area contributed by atoms with Gasteiger partial charge in [0, 0.05) is 179 Å². The number of aliphatic carboxylic acids is 1. The van der Waals surface area contributed by atoms with E-state index in [9.17, 15) is 62.6 Å². The SMILES string of the molecule is CC(C)(C)OC(=O)Cn1c(=O)c(C(=O)NCc2ccc(Cl)cc2)cc2c(N)c(Br)cnc21.Cn1cc(-c2cnc3c(cc(C(=O)NCc4ccc(Cl)cc4)c(=O)n3CC(=O)N3CC(C)(C)C3)c2N)cn1.Cn1cc(-c2cnc3c(cc(C(=O)NCc4ccc(Cl)cc4)c(=O)n3CC(=O)O)c2N)cn1.Cn1cc(-c2cnc3c(cc(C(=O)NCc4ccc(Cl)cc4)c(=O)n3CC(=O)OC(C)(C)C)c2N)cn1. The molecule has 0 saturated carbocycles. The number of rotatable bonds is 23. The molecule has 5 amide bonds. The van der Waals surface area contributed by atoms with E-state index in [2.05, 4.69) is 86.3 Å². The van der Waals surface area contributed by atoms with Crippen LogP contribution in [0.2, 0.25) is 20.1 Å². The summed E-state index contributed by atoms with van der Waals surface area (Å²) in [6, 6.07) is 33.4. The van der Waals surface area contributed by atoms with Crippen LogP contribution in [0, 0.1) is 5.41 Å². The van der Waals surface area contributed by atoms with Crippen LogP contribution in [-0.2, 0) is 102 Å². The normalized spacial score (nSPS) is 12.1. The molecule has 16 rings (SSSR count). The van der Waals surface area contributed by atoms with Crippen LogP contribution in [0.5, 0.6) is 0 Å². The maximum atomic E-state index is 13.6. The van der Waals surface area contributed by atoms with Crippen molar-refractivity contribution in [1.29, 1.82) is 0 Å². The number of esters is 2. The third-order valence-electron chi connectivity index (χ3n) is 21.7. The van der Waals surface area contributed by atoms with E-state index in [1.54, 1.807) is 222 Å². The summed E-state index contributed by atoms with van der Waals surface area (Å²) in [6.07, 6.45) is 16.2. The van der Waals surface area contributed by atoms with Crippen molar-refractivity contribution in [2.45, 2.75) is 119 Å². The van der Waals surface area contributed by atoms with Gasteiger partial charge in [0.15, 0.2) is 0 Å². The van der Waals surface area contributed by atoms with Crippen LogP contribution in [0.1, 0.15) is 119 Å². The molecule has 1 aliphatic rings. The summed E-state index contributed by atoms with van der Waals surface area (Å²) in [5.41, 5.74) is 29.6.